The highest BCUT2D eigenvalue weighted by molar-refractivity contribution is 6.07. The molecule has 0 aliphatic carbocycles. The lowest BCUT2D eigenvalue weighted by molar-refractivity contribution is -0.118. The van der Waals surface area contributed by atoms with Crippen molar-refractivity contribution in [2.45, 2.75) is 6.42 Å². The molecule has 2 aromatic carbocycles. The van der Waals surface area contributed by atoms with Crippen molar-refractivity contribution in [1.29, 1.82) is 0 Å². The largest absolute Gasteiger partial charge is 0.491 e. The average Bonchev–Trinajstić information content (AvgIpc) is 2.73. The fraction of sp³-hybridized carbons (Fsp3) is 0.222. The quantitative estimate of drug-likeness (QED) is 0.857. The van der Waals surface area contributed by atoms with Gasteiger partial charge in [-0.05, 0) is 30.3 Å². The van der Waals surface area contributed by atoms with E-state index in [2.05, 4.69) is 0 Å². The number of ether oxygens (including phenoxy) is 1. The zero-order valence-corrected chi connectivity index (χ0v) is 13.2. The van der Waals surface area contributed by atoms with Gasteiger partial charge in [-0.2, -0.15) is 0 Å². The van der Waals surface area contributed by atoms with Crippen LogP contribution in [0.15, 0.2) is 48.5 Å². The van der Waals surface area contributed by atoms with Gasteiger partial charge < -0.3 is 14.5 Å². The van der Waals surface area contributed by atoms with Crippen molar-refractivity contribution in [3.05, 3.63) is 54.1 Å². The summed E-state index contributed by atoms with van der Waals surface area (Å²) in [5, 5.41) is 0. The number of para-hydroxylation sites is 1. The van der Waals surface area contributed by atoms with E-state index in [1.54, 1.807) is 42.1 Å². The van der Waals surface area contributed by atoms with Crippen LogP contribution >= 0.6 is 0 Å². The Hall–Kier alpha value is -2.82. The minimum atomic E-state index is -0.135. The van der Waals surface area contributed by atoms with Crippen molar-refractivity contribution in [3.8, 4) is 5.75 Å². The molecule has 2 amide bonds. The average molecular weight is 310 g/mol. The van der Waals surface area contributed by atoms with Gasteiger partial charge in [0.15, 0.2) is 0 Å². The van der Waals surface area contributed by atoms with Crippen molar-refractivity contribution in [2.75, 3.05) is 30.5 Å². The monoisotopic (exact) mass is 310 g/mol. The SMILES string of the molecule is CN(C(=O)c1ccc2c(c1)N(C)C(=O)CCO2)c1ccccc1. The number of benzene rings is 2. The minimum Gasteiger partial charge on any atom is -0.491 e. The van der Waals surface area contributed by atoms with Crippen LogP contribution in [0, 0.1) is 0 Å². The number of hydrogen-bond acceptors (Lipinski definition) is 3. The maximum absolute atomic E-state index is 12.7. The second kappa shape index (κ2) is 6.12. The fourth-order valence-electron chi connectivity index (χ4n) is 2.55. The van der Waals surface area contributed by atoms with Gasteiger partial charge in [0.2, 0.25) is 5.91 Å². The Morgan fingerprint density at radius 2 is 1.91 bits per heavy atom. The standard InChI is InChI=1S/C18H18N2O3/c1-19(14-6-4-3-5-7-14)18(22)13-8-9-16-15(12-13)20(2)17(21)10-11-23-16/h3-9,12H,10-11H2,1-2H3. The van der Waals surface area contributed by atoms with E-state index in [-0.39, 0.29) is 11.8 Å². The first-order valence-electron chi connectivity index (χ1n) is 7.44. The zero-order chi connectivity index (χ0) is 16.4. The van der Waals surface area contributed by atoms with Crippen molar-refractivity contribution < 1.29 is 14.3 Å². The van der Waals surface area contributed by atoms with Crippen LogP contribution in [0.2, 0.25) is 0 Å². The van der Waals surface area contributed by atoms with Crippen LogP contribution in [0.4, 0.5) is 11.4 Å². The van der Waals surface area contributed by atoms with Gasteiger partial charge in [0.1, 0.15) is 5.75 Å². The highest BCUT2D eigenvalue weighted by Crippen LogP contribution is 2.32. The molecular weight excluding hydrogens is 292 g/mol. The third-order valence-corrected chi connectivity index (χ3v) is 3.96. The normalized spacial score (nSPS) is 13.8. The zero-order valence-electron chi connectivity index (χ0n) is 13.2. The first-order chi connectivity index (χ1) is 11.1. The molecule has 1 aliphatic rings. The van der Waals surface area contributed by atoms with Crippen molar-refractivity contribution >= 4 is 23.2 Å². The summed E-state index contributed by atoms with van der Waals surface area (Å²) in [5.41, 5.74) is 1.95. The summed E-state index contributed by atoms with van der Waals surface area (Å²) in [7, 11) is 3.43. The maximum Gasteiger partial charge on any atom is 0.258 e. The molecule has 0 bridgehead atoms. The van der Waals surface area contributed by atoms with E-state index in [1.807, 2.05) is 30.3 Å². The molecule has 5 heteroatoms. The molecule has 0 fully saturated rings. The third-order valence-electron chi connectivity index (χ3n) is 3.96. The van der Waals surface area contributed by atoms with E-state index in [0.717, 1.165) is 5.69 Å². The fourth-order valence-corrected chi connectivity index (χ4v) is 2.55. The molecule has 1 aliphatic heterocycles. The molecule has 23 heavy (non-hydrogen) atoms. The van der Waals surface area contributed by atoms with Gasteiger partial charge in [0.25, 0.3) is 5.91 Å². The molecular formula is C18H18N2O3. The lowest BCUT2D eigenvalue weighted by Gasteiger charge is -2.20. The topological polar surface area (TPSA) is 49.9 Å². The second-order valence-electron chi connectivity index (χ2n) is 5.43. The van der Waals surface area contributed by atoms with E-state index in [9.17, 15) is 9.59 Å². The van der Waals surface area contributed by atoms with Gasteiger partial charge >= 0.3 is 0 Å². The van der Waals surface area contributed by atoms with Gasteiger partial charge in [-0.1, -0.05) is 18.2 Å². The van der Waals surface area contributed by atoms with Gasteiger partial charge in [-0.3, -0.25) is 9.59 Å². The van der Waals surface area contributed by atoms with E-state index < -0.39 is 0 Å². The predicted molar refractivity (Wildman–Crippen MR) is 89.1 cm³/mol. The molecule has 3 rings (SSSR count). The predicted octanol–water partition coefficient (Wildman–Crippen LogP) is 2.71. The Morgan fingerprint density at radius 3 is 2.65 bits per heavy atom. The van der Waals surface area contributed by atoms with E-state index >= 15 is 0 Å². The Balaban J connectivity index is 1.94. The number of carbonyl (C=O) groups is 2. The minimum absolute atomic E-state index is 0.0234. The van der Waals surface area contributed by atoms with Crippen molar-refractivity contribution in [2.24, 2.45) is 0 Å². The number of carbonyl (C=O) groups excluding carboxylic acids is 2. The first-order valence-corrected chi connectivity index (χ1v) is 7.44. The first kappa shape index (κ1) is 15.1. The number of amides is 2. The van der Waals surface area contributed by atoms with Crippen LogP contribution < -0.4 is 14.5 Å². The summed E-state index contributed by atoms with van der Waals surface area (Å²) in [6.45, 7) is 0.355. The number of rotatable bonds is 2. The summed E-state index contributed by atoms with van der Waals surface area (Å²) < 4.78 is 5.58. The number of nitrogens with zero attached hydrogens (tertiary/aromatic N) is 2. The van der Waals surface area contributed by atoms with Crippen molar-refractivity contribution in [3.63, 3.8) is 0 Å². The van der Waals surface area contributed by atoms with Crippen LogP contribution in [0.5, 0.6) is 5.75 Å². The molecule has 118 valence electrons. The molecule has 0 saturated carbocycles. The molecule has 0 N–H and O–H groups in total. The number of fused-ring (bicyclic) bond motifs is 1. The Kier molecular flexibility index (Phi) is 4.02. The molecule has 1 heterocycles. The molecule has 0 radical (unpaired) electrons. The van der Waals surface area contributed by atoms with Crippen LogP contribution in [0.1, 0.15) is 16.8 Å². The molecule has 0 spiro atoms. The summed E-state index contributed by atoms with van der Waals surface area (Å²) in [6.07, 6.45) is 0.332. The smallest absolute Gasteiger partial charge is 0.258 e. The molecule has 0 unspecified atom stereocenters. The van der Waals surface area contributed by atoms with Crippen LogP contribution in [0.3, 0.4) is 0 Å². The van der Waals surface area contributed by atoms with Gasteiger partial charge in [-0.15, -0.1) is 0 Å². The third kappa shape index (κ3) is 2.90. The highest BCUT2D eigenvalue weighted by atomic mass is 16.5. The molecule has 2 aromatic rings. The summed E-state index contributed by atoms with van der Waals surface area (Å²) >= 11 is 0. The number of hydrogen-bond donors (Lipinski definition) is 0. The Morgan fingerprint density at radius 1 is 1.17 bits per heavy atom. The van der Waals surface area contributed by atoms with Gasteiger partial charge in [0, 0.05) is 25.3 Å². The summed E-state index contributed by atoms with van der Waals surface area (Å²) in [6, 6.07) is 14.6. The molecule has 5 nitrogen and oxygen atoms in total. The summed E-state index contributed by atoms with van der Waals surface area (Å²) in [4.78, 5) is 27.8. The van der Waals surface area contributed by atoms with E-state index in [4.69, 9.17) is 4.74 Å². The van der Waals surface area contributed by atoms with Crippen molar-refractivity contribution in [1.82, 2.24) is 0 Å². The van der Waals surface area contributed by atoms with E-state index in [0.29, 0.717) is 30.0 Å². The van der Waals surface area contributed by atoms with E-state index in [1.165, 1.54) is 0 Å². The second-order valence-corrected chi connectivity index (χ2v) is 5.43. The molecule has 0 aromatic heterocycles. The Labute approximate surface area is 135 Å². The highest BCUT2D eigenvalue weighted by Gasteiger charge is 2.22. The van der Waals surface area contributed by atoms with Crippen LogP contribution in [-0.4, -0.2) is 32.5 Å². The lowest BCUT2D eigenvalue weighted by Crippen LogP contribution is -2.27. The van der Waals surface area contributed by atoms with Crippen LogP contribution in [-0.2, 0) is 4.79 Å². The maximum atomic E-state index is 12.7. The van der Waals surface area contributed by atoms with Gasteiger partial charge in [-0.25, -0.2) is 0 Å². The van der Waals surface area contributed by atoms with Gasteiger partial charge in [0.05, 0.1) is 18.7 Å². The van der Waals surface area contributed by atoms with Crippen LogP contribution in [0.25, 0.3) is 0 Å². The number of anilines is 2. The summed E-state index contributed by atoms with van der Waals surface area (Å²) in [5.74, 6) is 0.464. The Bertz CT molecular complexity index is 743. The lowest BCUT2D eigenvalue weighted by atomic mass is 10.1. The molecule has 0 atom stereocenters. The molecule has 0 saturated heterocycles.